The van der Waals surface area contributed by atoms with Gasteiger partial charge in [0.05, 0.1) is 0 Å². The van der Waals surface area contributed by atoms with E-state index >= 15 is 0 Å². The van der Waals surface area contributed by atoms with Gasteiger partial charge in [-0.05, 0) is 63.2 Å². The third-order valence-electron chi connectivity index (χ3n) is 6.88. The average Bonchev–Trinajstić information content (AvgIpc) is 2.36. The Hall–Kier alpha value is -0.850. The summed E-state index contributed by atoms with van der Waals surface area (Å²) in [5.41, 5.74) is 4.76. The van der Waals surface area contributed by atoms with E-state index in [1.54, 1.807) is 11.1 Å². The molecular weight excluding hydrogens is 256 g/mol. The van der Waals surface area contributed by atoms with Crippen molar-refractivity contribution in [3.63, 3.8) is 0 Å². The van der Waals surface area contributed by atoms with Crippen molar-refractivity contribution in [2.45, 2.75) is 73.1 Å². The zero-order chi connectivity index (χ0) is 15.4. The van der Waals surface area contributed by atoms with Crippen LogP contribution >= 0.6 is 0 Å². The highest BCUT2D eigenvalue weighted by molar-refractivity contribution is 5.88. The maximum Gasteiger partial charge on any atom is 0.144 e. The lowest BCUT2D eigenvalue weighted by molar-refractivity contribution is -0.134. The molecule has 0 N–H and O–H groups in total. The lowest BCUT2D eigenvalue weighted by atomic mass is 9.53. The molecule has 0 amide bonds. The monoisotopic (exact) mass is 286 g/mol. The van der Waals surface area contributed by atoms with Gasteiger partial charge in [0.25, 0.3) is 0 Å². The number of carbonyl (C=O) groups is 1. The predicted octanol–water partition coefficient (Wildman–Crippen LogP) is 5.46. The zero-order valence-electron chi connectivity index (χ0n) is 14.4. The Balaban J connectivity index is 2.11. The Kier molecular flexibility index (Phi) is 3.46. The average molecular weight is 286 g/mol. The number of rotatable bonds is 0. The fourth-order valence-corrected chi connectivity index (χ4v) is 5.56. The highest BCUT2D eigenvalue weighted by atomic mass is 16.1. The molecule has 0 aliphatic heterocycles. The first-order valence-corrected chi connectivity index (χ1v) is 8.67. The number of ketones is 1. The van der Waals surface area contributed by atoms with Gasteiger partial charge in [-0.15, -0.1) is 0 Å². The number of hydrogen-bond donors (Lipinski definition) is 0. The summed E-state index contributed by atoms with van der Waals surface area (Å²) in [5, 5.41) is 0. The summed E-state index contributed by atoms with van der Waals surface area (Å²) in [6.07, 6.45) is 9.21. The van der Waals surface area contributed by atoms with Crippen LogP contribution in [-0.2, 0) is 4.79 Å². The van der Waals surface area contributed by atoms with Crippen molar-refractivity contribution in [3.05, 3.63) is 22.8 Å². The van der Waals surface area contributed by atoms with Crippen LogP contribution in [0.25, 0.3) is 0 Å². The molecule has 0 aromatic carbocycles. The summed E-state index contributed by atoms with van der Waals surface area (Å²) in [6.45, 7) is 11.5. The van der Waals surface area contributed by atoms with Gasteiger partial charge in [0, 0.05) is 11.8 Å². The maximum absolute atomic E-state index is 13.4. The van der Waals surface area contributed by atoms with Gasteiger partial charge < -0.3 is 0 Å². The van der Waals surface area contributed by atoms with Gasteiger partial charge >= 0.3 is 0 Å². The minimum Gasteiger partial charge on any atom is -0.299 e. The van der Waals surface area contributed by atoms with E-state index in [0.717, 1.165) is 19.3 Å². The Bertz CT molecular complexity index is 534. The van der Waals surface area contributed by atoms with E-state index in [2.05, 4.69) is 40.7 Å². The van der Waals surface area contributed by atoms with Crippen molar-refractivity contribution in [2.75, 3.05) is 0 Å². The number of allylic oxidation sites excluding steroid dienone is 4. The van der Waals surface area contributed by atoms with Crippen LogP contribution in [-0.4, -0.2) is 5.78 Å². The summed E-state index contributed by atoms with van der Waals surface area (Å²) < 4.78 is 0. The van der Waals surface area contributed by atoms with E-state index in [0.29, 0.717) is 5.78 Å². The molecule has 0 aromatic heterocycles. The first-order valence-electron chi connectivity index (χ1n) is 8.67. The number of carbonyl (C=O) groups excluding carboxylic acids is 1. The molecule has 1 nitrogen and oxygen atoms in total. The van der Waals surface area contributed by atoms with Crippen molar-refractivity contribution < 1.29 is 4.79 Å². The van der Waals surface area contributed by atoms with Gasteiger partial charge in [-0.1, -0.05) is 43.6 Å². The Labute approximate surface area is 129 Å². The van der Waals surface area contributed by atoms with Gasteiger partial charge in [-0.25, -0.2) is 0 Å². The van der Waals surface area contributed by atoms with Crippen LogP contribution in [0.5, 0.6) is 0 Å². The molecule has 3 rings (SSSR count). The van der Waals surface area contributed by atoms with Gasteiger partial charge in [-0.2, -0.15) is 0 Å². The Morgan fingerprint density at radius 2 is 1.81 bits per heavy atom. The van der Waals surface area contributed by atoms with Crippen molar-refractivity contribution in [1.29, 1.82) is 0 Å². The van der Waals surface area contributed by atoms with Crippen LogP contribution < -0.4 is 0 Å². The van der Waals surface area contributed by atoms with Crippen LogP contribution in [0.4, 0.5) is 0 Å². The van der Waals surface area contributed by atoms with Gasteiger partial charge in [0.1, 0.15) is 5.78 Å². The molecule has 3 aliphatic carbocycles. The first kappa shape index (κ1) is 15.1. The highest BCUT2D eigenvalue weighted by Crippen LogP contribution is 2.56. The topological polar surface area (TPSA) is 17.1 Å². The van der Waals surface area contributed by atoms with Crippen LogP contribution in [0.3, 0.4) is 0 Å². The van der Waals surface area contributed by atoms with Crippen molar-refractivity contribution in [1.82, 2.24) is 0 Å². The molecule has 3 aliphatic rings. The molecule has 116 valence electrons. The molecular formula is C20H30O. The van der Waals surface area contributed by atoms with Crippen molar-refractivity contribution in [3.8, 4) is 0 Å². The number of Topliss-reactive ketones (excluding diaryl/α,β-unsaturated/α-hetero) is 1. The summed E-state index contributed by atoms with van der Waals surface area (Å²) in [6, 6.07) is 0. The molecule has 0 aromatic rings. The van der Waals surface area contributed by atoms with Crippen molar-refractivity contribution in [2.24, 2.45) is 22.7 Å². The molecule has 1 heteroatoms. The lowest BCUT2D eigenvalue weighted by Gasteiger charge is -2.50. The molecule has 1 saturated carbocycles. The molecule has 0 saturated heterocycles. The van der Waals surface area contributed by atoms with Crippen LogP contribution in [0.1, 0.15) is 73.1 Å². The summed E-state index contributed by atoms with van der Waals surface area (Å²) in [4.78, 5) is 13.4. The highest BCUT2D eigenvalue weighted by Gasteiger charge is 2.51. The molecule has 0 radical (unpaired) electrons. The molecule has 21 heavy (non-hydrogen) atoms. The van der Waals surface area contributed by atoms with E-state index in [1.807, 2.05) is 0 Å². The summed E-state index contributed by atoms with van der Waals surface area (Å²) in [5.74, 6) is 0.943. The zero-order valence-corrected chi connectivity index (χ0v) is 14.4. The number of hydrogen-bond acceptors (Lipinski definition) is 1. The van der Waals surface area contributed by atoms with E-state index in [4.69, 9.17) is 0 Å². The molecule has 2 bridgehead atoms. The van der Waals surface area contributed by atoms with Crippen LogP contribution in [0, 0.1) is 22.7 Å². The lowest BCUT2D eigenvalue weighted by Crippen LogP contribution is -2.47. The summed E-state index contributed by atoms with van der Waals surface area (Å²) >= 11 is 0. The SMILES string of the molecule is CC1=CCC[C@@]2(C)CCC3=C(C)CC[C@H](C(=O)[C@@H]12)C3(C)C. The summed E-state index contributed by atoms with van der Waals surface area (Å²) in [7, 11) is 0. The normalized spacial score (nSPS) is 39.3. The van der Waals surface area contributed by atoms with Gasteiger partial charge in [-0.3, -0.25) is 4.79 Å². The molecule has 1 fully saturated rings. The molecule has 0 unspecified atom stereocenters. The second kappa shape index (κ2) is 4.83. The fraction of sp³-hybridized carbons (Fsp3) is 0.750. The van der Waals surface area contributed by atoms with Crippen LogP contribution in [0.15, 0.2) is 22.8 Å². The second-order valence-corrected chi connectivity index (χ2v) is 8.55. The van der Waals surface area contributed by atoms with Gasteiger partial charge in [0.2, 0.25) is 0 Å². The number of fused-ring (bicyclic) bond motifs is 3. The quantitative estimate of drug-likeness (QED) is 0.540. The molecule has 0 heterocycles. The van der Waals surface area contributed by atoms with Crippen LogP contribution in [0.2, 0.25) is 0 Å². The minimum atomic E-state index is 0.0679. The second-order valence-electron chi connectivity index (χ2n) is 8.55. The fourth-order valence-electron chi connectivity index (χ4n) is 5.56. The van der Waals surface area contributed by atoms with E-state index in [1.165, 1.54) is 24.8 Å². The molecule has 0 spiro atoms. The van der Waals surface area contributed by atoms with E-state index in [9.17, 15) is 4.79 Å². The predicted molar refractivity (Wildman–Crippen MR) is 88.0 cm³/mol. The van der Waals surface area contributed by atoms with E-state index in [-0.39, 0.29) is 22.7 Å². The largest absolute Gasteiger partial charge is 0.299 e. The maximum atomic E-state index is 13.4. The molecule has 3 atom stereocenters. The Morgan fingerprint density at radius 1 is 1.10 bits per heavy atom. The third-order valence-corrected chi connectivity index (χ3v) is 6.88. The smallest absolute Gasteiger partial charge is 0.144 e. The Morgan fingerprint density at radius 3 is 2.52 bits per heavy atom. The minimum absolute atomic E-state index is 0.0679. The third kappa shape index (κ3) is 2.15. The van der Waals surface area contributed by atoms with Gasteiger partial charge in [0.15, 0.2) is 0 Å². The standard InChI is InChI=1S/C20H30O/c1-13-8-9-16-18(21)17-14(2)7-6-11-20(17,5)12-10-15(13)19(16,3)4/h7,16-17H,6,8-12H2,1-5H3/t16-,17-,20+/m1/s1. The van der Waals surface area contributed by atoms with Crippen molar-refractivity contribution >= 4 is 5.78 Å². The van der Waals surface area contributed by atoms with E-state index < -0.39 is 0 Å². The first-order chi connectivity index (χ1) is 9.77.